The molecule has 3 rings (SSSR count). The molecule has 0 bridgehead atoms. The van der Waals surface area contributed by atoms with Crippen molar-refractivity contribution in [2.24, 2.45) is 5.92 Å². The minimum atomic E-state index is -0.0538. The summed E-state index contributed by atoms with van der Waals surface area (Å²) in [5, 5.41) is 9.16. The third kappa shape index (κ3) is 5.63. The first-order chi connectivity index (χ1) is 10.7. The number of amides is 1. The number of hydrogen-bond donors (Lipinski definition) is 2. The van der Waals surface area contributed by atoms with Gasteiger partial charge in [0.1, 0.15) is 12.4 Å². The molecule has 0 spiro atoms. The van der Waals surface area contributed by atoms with E-state index in [1.54, 1.807) is 23.5 Å². The predicted octanol–water partition coefficient (Wildman–Crippen LogP) is 2.82. The van der Waals surface area contributed by atoms with Gasteiger partial charge in [0.2, 0.25) is 0 Å². The monoisotopic (exact) mass is 389 g/mol. The van der Waals surface area contributed by atoms with Crippen LogP contribution in [0.1, 0.15) is 21.1 Å². The fourth-order valence-electron chi connectivity index (χ4n) is 2.19. The van der Waals surface area contributed by atoms with Crippen molar-refractivity contribution in [1.82, 2.24) is 15.6 Å². The van der Waals surface area contributed by atoms with Crippen LogP contribution in [0.25, 0.3) is 0 Å². The van der Waals surface area contributed by atoms with E-state index in [2.05, 4.69) is 15.6 Å². The van der Waals surface area contributed by atoms with Crippen molar-refractivity contribution in [2.75, 3.05) is 19.6 Å². The van der Waals surface area contributed by atoms with Crippen LogP contribution in [-0.2, 0) is 6.61 Å². The Labute approximate surface area is 158 Å². The molecule has 1 aliphatic heterocycles. The normalized spacial score (nSPS) is 13.2. The van der Waals surface area contributed by atoms with Gasteiger partial charge in [-0.25, -0.2) is 4.98 Å². The molecule has 0 atom stereocenters. The highest BCUT2D eigenvalue weighted by atomic mass is 35.5. The Morgan fingerprint density at radius 2 is 2.21 bits per heavy atom. The molecule has 2 aromatic rings. The number of thiazole rings is 1. The van der Waals surface area contributed by atoms with Gasteiger partial charge in [0.25, 0.3) is 5.91 Å². The molecule has 8 heteroatoms. The topological polar surface area (TPSA) is 63.2 Å². The van der Waals surface area contributed by atoms with Gasteiger partial charge in [-0.2, -0.15) is 0 Å². The molecule has 1 aliphatic rings. The zero-order valence-electron chi connectivity index (χ0n) is 13.3. The maximum absolute atomic E-state index is 12.1. The lowest BCUT2D eigenvalue weighted by atomic mass is 10.0. The Morgan fingerprint density at radius 1 is 1.42 bits per heavy atom. The number of benzene rings is 1. The zero-order chi connectivity index (χ0) is 15.4. The lowest BCUT2D eigenvalue weighted by Gasteiger charge is -2.27. The molecule has 2 heterocycles. The molecule has 1 saturated heterocycles. The zero-order valence-corrected chi connectivity index (χ0v) is 15.7. The Balaban J connectivity index is 0.00000144. The second-order valence-corrected chi connectivity index (χ2v) is 6.47. The minimum absolute atomic E-state index is 0. The Bertz CT molecular complexity index is 662. The van der Waals surface area contributed by atoms with E-state index in [9.17, 15) is 4.79 Å². The fraction of sp³-hybridized carbons (Fsp3) is 0.375. The third-order valence-electron chi connectivity index (χ3n) is 3.57. The Hall–Kier alpha value is -1.34. The highest BCUT2D eigenvalue weighted by Crippen LogP contribution is 2.16. The smallest absolute Gasteiger partial charge is 0.251 e. The van der Waals surface area contributed by atoms with Crippen LogP contribution < -0.4 is 15.4 Å². The molecule has 132 valence electrons. The highest BCUT2D eigenvalue weighted by molar-refractivity contribution is 7.09. The summed E-state index contributed by atoms with van der Waals surface area (Å²) in [6.07, 6.45) is 0. The molecule has 2 N–H and O–H groups in total. The fourth-order valence-corrected chi connectivity index (χ4v) is 2.79. The summed E-state index contributed by atoms with van der Waals surface area (Å²) in [5.74, 6) is 1.18. The van der Waals surface area contributed by atoms with E-state index >= 15 is 0 Å². The van der Waals surface area contributed by atoms with Gasteiger partial charge in [0.15, 0.2) is 0 Å². The quantitative estimate of drug-likeness (QED) is 0.796. The van der Waals surface area contributed by atoms with E-state index in [0.717, 1.165) is 30.3 Å². The van der Waals surface area contributed by atoms with Crippen LogP contribution in [0.4, 0.5) is 0 Å². The van der Waals surface area contributed by atoms with Crippen molar-refractivity contribution in [1.29, 1.82) is 0 Å². The van der Waals surface area contributed by atoms with Crippen molar-refractivity contribution in [2.45, 2.75) is 13.5 Å². The van der Waals surface area contributed by atoms with E-state index in [1.165, 1.54) is 0 Å². The van der Waals surface area contributed by atoms with E-state index in [1.807, 2.05) is 24.4 Å². The number of hydrogen-bond acceptors (Lipinski definition) is 5. The number of ether oxygens (including phenoxy) is 1. The molecule has 1 fully saturated rings. The molecule has 0 saturated carbocycles. The van der Waals surface area contributed by atoms with Gasteiger partial charge in [-0.3, -0.25) is 4.79 Å². The van der Waals surface area contributed by atoms with Crippen LogP contribution in [-0.4, -0.2) is 30.5 Å². The molecule has 0 unspecified atom stereocenters. The summed E-state index contributed by atoms with van der Waals surface area (Å²) in [5.41, 5.74) is 1.54. The number of rotatable bonds is 6. The number of aromatic nitrogens is 1. The van der Waals surface area contributed by atoms with Crippen LogP contribution >= 0.6 is 36.2 Å². The number of carbonyl (C=O) groups excluding carboxylic acids is 1. The van der Waals surface area contributed by atoms with Crippen LogP contribution in [0.15, 0.2) is 29.6 Å². The number of halogens is 2. The maximum Gasteiger partial charge on any atom is 0.251 e. The molecule has 24 heavy (non-hydrogen) atoms. The first-order valence-electron chi connectivity index (χ1n) is 7.33. The summed E-state index contributed by atoms with van der Waals surface area (Å²) < 4.78 is 5.71. The van der Waals surface area contributed by atoms with Gasteiger partial charge < -0.3 is 15.4 Å². The SMILES string of the molecule is Cc1nc(COc2cccc(C(=O)NCC3CNC3)c2)cs1.Cl.Cl. The van der Waals surface area contributed by atoms with E-state index in [-0.39, 0.29) is 30.7 Å². The van der Waals surface area contributed by atoms with Gasteiger partial charge in [-0.15, -0.1) is 36.2 Å². The van der Waals surface area contributed by atoms with Crippen LogP contribution in [0.2, 0.25) is 0 Å². The van der Waals surface area contributed by atoms with E-state index < -0.39 is 0 Å². The first kappa shape index (κ1) is 20.7. The molecule has 1 amide bonds. The van der Waals surface area contributed by atoms with Crippen molar-refractivity contribution in [3.63, 3.8) is 0 Å². The summed E-state index contributed by atoms with van der Waals surface area (Å²) in [7, 11) is 0. The summed E-state index contributed by atoms with van der Waals surface area (Å²) in [4.78, 5) is 16.5. The Kier molecular flexibility index (Phi) is 8.48. The standard InChI is InChI=1S/C16H19N3O2S.2ClH/c1-11-19-14(10-22-11)9-21-15-4-2-3-13(5-15)16(20)18-8-12-6-17-7-12;;/h2-5,10,12,17H,6-9H2,1H3,(H,18,20);2*1H. The molecule has 0 aliphatic carbocycles. The lowest BCUT2D eigenvalue weighted by Crippen LogP contribution is -2.48. The highest BCUT2D eigenvalue weighted by Gasteiger charge is 2.17. The Morgan fingerprint density at radius 3 is 2.83 bits per heavy atom. The largest absolute Gasteiger partial charge is 0.487 e. The maximum atomic E-state index is 12.1. The average Bonchev–Trinajstić information content (AvgIpc) is 2.89. The van der Waals surface area contributed by atoms with Crippen molar-refractivity contribution >= 4 is 42.1 Å². The number of nitrogens with zero attached hydrogens (tertiary/aromatic N) is 1. The molecule has 1 aromatic heterocycles. The molecular formula is C16H21Cl2N3O2S. The van der Waals surface area contributed by atoms with E-state index in [4.69, 9.17) is 4.74 Å². The third-order valence-corrected chi connectivity index (χ3v) is 4.39. The van der Waals surface area contributed by atoms with Crippen molar-refractivity contribution in [3.05, 3.63) is 45.9 Å². The van der Waals surface area contributed by atoms with Gasteiger partial charge >= 0.3 is 0 Å². The second kappa shape index (κ2) is 9.84. The average molecular weight is 390 g/mol. The van der Waals surface area contributed by atoms with Gasteiger partial charge in [-0.05, 0) is 25.1 Å². The first-order valence-corrected chi connectivity index (χ1v) is 8.21. The number of nitrogens with one attached hydrogen (secondary N) is 2. The van der Waals surface area contributed by atoms with Gasteiger partial charge in [0, 0.05) is 36.5 Å². The number of aryl methyl sites for hydroxylation is 1. The van der Waals surface area contributed by atoms with Crippen molar-refractivity contribution in [3.8, 4) is 5.75 Å². The summed E-state index contributed by atoms with van der Waals surface area (Å²) in [6, 6.07) is 7.26. The summed E-state index contributed by atoms with van der Waals surface area (Å²) >= 11 is 1.60. The predicted molar refractivity (Wildman–Crippen MR) is 101 cm³/mol. The second-order valence-electron chi connectivity index (χ2n) is 5.41. The summed E-state index contributed by atoms with van der Waals surface area (Å²) in [6.45, 7) is 5.07. The van der Waals surface area contributed by atoms with E-state index in [0.29, 0.717) is 23.8 Å². The minimum Gasteiger partial charge on any atom is -0.487 e. The number of carbonyl (C=O) groups is 1. The van der Waals surface area contributed by atoms with Gasteiger partial charge in [-0.1, -0.05) is 6.07 Å². The molecule has 1 aromatic carbocycles. The van der Waals surface area contributed by atoms with Crippen molar-refractivity contribution < 1.29 is 9.53 Å². The van der Waals surface area contributed by atoms with Crippen LogP contribution in [0.5, 0.6) is 5.75 Å². The molecule has 0 radical (unpaired) electrons. The lowest BCUT2D eigenvalue weighted by molar-refractivity contribution is 0.0941. The molecular weight excluding hydrogens is 369 g/mol. The van der Waals surface area contributed by atoms with Crippen LogP contribution in [0.3, 0.4) is 0 Å². The van der Waals surface area contributed by atoms with Gasteiger partial charge in [0.05, 0.1) is 10.7 Å². The molecule has 5 nitrogen and oxygen atoms in total. The van der Waals surface area contributed by atoms with Crippen LogP contribution in [0, 0.1) is 12.8 Å².